The van der Waals surface area contributed by atoms with Gasteiger partial charge in [-0.25, -0.2) is 0 Å². The number of hydrogen-bond donors (Lipinski definition) is 2. The largest absolute Gasteiger partial charge is 0.507 e. The Morgan fingerprint density at radius 2 is 1.90 bits per heavy atom. The van der Waals surface area contributed by atoms with Crippen molar-refractivity contribution in [2.45, 2.75) is 19.9 Å². The topological polar surface area (TPSA) is 50.7 Å². The molecule has 0 bridgehead atoms. The Labute approximate surface area is 131 Å². The standard InChI is InChI=1S/C16H16BrNO3/c1-2-10-5-12(17)3-4-13(10)18-8-11-6-15-16(7-14(11)19)21-9-20-15/h3-7,18-19H,2,8-9H2,1H3. The fourth-order valence-electron chi connectivity index (χ4n) is 2.33. The van der Waals surface area contributed by atoms with E-state index < -0.39 is 0 Å². The Balaban J connectivity index is 1.79. The molecule has 2 aromatic carbocycles. The second-order valence-electron chi connectivity index (χ2n) is 4.84. The van der Waals surface area contributed by atoms with Crippen molar-refractivity contribution < 1.29 is 14.6 Å². The highest BCUT2D eigenvalue weighted by molar-refractivity contribution is 9.10. The molecule has 0 aromatic heterocycles. The fraction of sp³-hybridized carbons (Fsp3) is 0.250. The Bertz CT molecular complexity index is 673. The third kappa shape index (κ3) is 2.93. The van der Waals surface area contributed by atoms with Gasteiger partial charge in [0.05, 0.1) is 0 Å². The van der Waals surface area contributed by atoms with Crippen molar-refractivity contribution in [3.05, 3.63) is 45.9 Å². The van der Waals surface area contributed by atoms with Crippen LogP contribution in [0.2, 0.25) is 0 Å². The maximum atomic E-state index is 10.0. The minimum Gasteiger partial charge on any atom is -0.507 e. The molecule has 0 radical (unpaired) electrons. The summed E-state index contributed by atoms with van der Waals surface area (Å²) in [7, 11) is 0. The van der Waals surface area contributed by atoms with E-state index in [1.54, 1.807) is 6.07 Å². The first-order valence-corrected chi connectivity index (χ1v) is 7.60. The highest BCUT2D eigenvalue weighted by Gasteiger charge is 2.17. The molecule has 1 aliphatic heterocycles. The van der Waals surface area contributed by atoms with Crippen molar-refractivity contribution in [3.63, 3.8) is 0 Å². The van der Waals surface area contributed by atoms with Gasteiger partial charge in [0.15, 0.2) is 11.5 Å². The van der Waals surface area contributed by atoms with Gasteiger partial charge < -0.3 is 19.9 Å². The zero-order valence-electron chi connectivity index (χ0n) is 11.6. The molecule has 21 heavy (non-hydrogen) atoms. The van der Waals surface area contributed by atoms with Crippen LogP contribution in [-0.2, 0) is 13.0 Å². The molecule has 4 nitrogen and oxygen atoms in total. The van der Waals surface area contributed by atoms with E-state index in [1.165, 1.54) is 5.56 Å². The quantitative estimate of drug-likeness (QED) is 0.873. The van der Waals surface area contributed by atoms with Gasteiger partial charge in [-0.05, 0) is 36.2 Å². The Morgan fingerprint density at radius 3 is 2.67 bits per heavy atom. The fourth-order valence-corrected chi connectivity index (χ4v) is 2.74. The Morgan fingerprint density at radius 1 is 1.14 bits per heavy atom. The molecule has 5 heteroatoms. The number of hydrogen-bond acceptors (Lipinski definition) is 4. The van der Waals surface area contributed by atoms with Gasteiger partial charge in [-0.1, -0.05) is 22.9 Å². The number of fused-ring (bicyclic) bond motifs is 1. The monoisotopic (exact) mass is 349 g/mol. The second-order valence-corrected chi connectivity index (χ2v) is 5.76. The maximum absolute atomic E-state index is 10.0. The predicted octanol–water partition coefficient (Wildman–Crippen LogP) is 4.06. The van der Waals surface area contributed by atoms with E-state index in [4.69, 9.17) is 9.47 Å². The summed E-state index contributed by atoms with van der Waals surface area (Å²) in [6.45, 7) is 2.85. The number of aryl methyl sites for hydroxylation is 1. The summed E-state index contributed by atoms with van der Waals surface area (Å²) < 4.78 is 11.6. The molecule has 0 saturated carbocycles. The van der Waals surface area contributed by atoms with E-state index in [0.717, 1.165) is 22.1 Å². The number of rotatable bonds is 4. The van der Waals surface area contributed by atoms with E-state index in [2.05, 4.69) is 34.2 Å². The zero-order valence-corrected chi connectivity index (χ0v) is 13.2. The van der Waals surface area contributed by atoms with E-state index in [1.807, 2.05) is 18.2 Å². The average Bonchev–Trinajstić information content (AvgIpc) is 2.92. The van der Waals surface area contributed by atoms with Crippen molar-refractivity contribution in [1.29, 1.82) is 0 Å². The molecule has 0 spiro atoms. The molecule has 0 fully saturated rings. The predicted molar refractivity (Wildman–Crippen MR) is 85.1 cm³/mol. The van der Waals surface area contributed by atoms with Gasteiger partial charge >= 0.3 is 0 Å². The lowest BCUT2D eigenvalue weighted by molar-refractivity contribution is 0.174. The average molecular weight is 350 g/mol. The van der Waals surface area contributed by atoms with E-state index in [0.29, 0.717) is 18.0 Å². The number of halogens is 1. The van der Waals surface area contributed by atoms with Gasteiger partial charge in [0.25, 0.3) is 0 Å². The molecule has 0 amide bonds. The minimum absolute atomic E-state index is 0.207. The highest BCUT2D eigenvalue weighted by Crippen LogP contribution is 2.37. The maximum Gasteiger partial charge on any atom is 0.231 e. The molecule has 0 unspecified atom stereocenters. The lowest BCUT2D eigenvalue weighted by Gasteiger charge is -2.13. The summed E-state index contributed by atoms with van der Waals surface area (Å²) in [6, 6.07) is 9.55. The second kappa shape index (κ2) is 5.85. The summed E-state index contributed by atoms with van der Waals surface area (Å²) in [5.74, 6) is 1.48. The van der Waals surface area contributed by atoms with Gasteiger partial charge in [-0.15, -0.1) is 0 Å². The van der Waals surface area contributed by atoms with Crippen LogP contribution in [-0.4, -0.2) is 11.9 Å². The SMILES string of the molecule is CCc1cc(Br)ccc1NCc1cc2c(cc1O)OCO2. The lowest BCUT2D eigenvalue weighted by Crippen LogP contribution is -2.02. The molecule has 110 valence electrons. The first-order valence-electron chi connectivity index (χ1n) is 6.81. The van der Waals surface area contributed by atoms with Crippen LogP contribution < -0.4 is 14.8 Å². The Kier molecular flexibility index (Phi) is 3.92. The summed E-state index contributed by atoms with van der Waals surface area (Å²) in [4.78, 5) is 0. The van der Waals surface area contributed by atoms with Crippen molar-refractivity contribution in [1.82, 2.24) is 0 Å². The van der Waals surface area contributed by atoms with Crippen LogP contribution in [0.15, 0.2) is 34.8 Å². The summed E-state index contributed by atoms with van der Waals surface area (Å²) in [5, 5.41) is 13.4. The van der Waals surface area contributed by atoms with Crippen LogP contribution in [0, 0.1) is 0 Å². The number of nitrogens with one attached hydrogen (secondary N) is 1. The Hall–Kier alpha value is -1.88. The molecule has 3 rings (SSSR count). The van der Waals surface area contributed by atoms with Crippen LogP contribution in [0.3, 0.4) is 0 Å². The van der Waals surface area contributed by atoms with E-state index in [9.17, 15) is 5.11 Å². The number of anilines is 1. The first-order chi connectivity index (χ1) is 10.2. The molecule has 2 aromatic rings. The summed E-state index contributed by atoms with van der Waals surface area (Å²) in [6.07, 6.45) is 0.939. The normalized spacial score (nSPS) is 12.5. The van der Waals surface area contributed by atoms with Gasteiger partial charge in [0, 0.05) is 28.3 Å². The van der Waals surface area contributed by atoms with Gasteiger partial charge in [-0.3, -0.25) is 0 Å². The zero-order chi connectivity index (χ0) is 14.8. The molecule has 2 N–H and O–H groups in total. The van der Waals surface area contributed by atoms with Crippen molar-refractivity contribution in [2.75, 3.05) is 12.1 Å². The third-order valence-electron chi connectivity index (χ3n) is 3.49. The van der Waals surface area contributed by atoms with Crippen LogP contribution in [0.4, 0.5) is 5.69 Å². The highest BCUT2D eigenvalue weighted by atomic mass is 79.9. The number of phenolic OH excluding ortho intramolecular Hbond substituents is 1. The van der Waals surface area contributed by atoms with Crippen molar-refractivity contribution in [2.24, 2.45) is 0 Å². The van der Waals surface area contributed by atoms with Gasteiger partial charge in [-0.2, -0.15) is 0 Å². The summed E-state index contributed by atoms with van der Waals surface area (Å²) >= 11 is 3.48. The van der Waals surface area contributed by atoms with E-state index >= 15 is 0 Å². The summed E-state index contributed by atoms with van der Waals surface area (Å²) in [5.41, 5.74) is 3.08. The lowest BCUT2D eigenvalue weighted by atomic mass is 10.1. The third-order valence-corrected chi connectivity index (χ3v) is 3.98. The molecular formula is C16H16BrNO3. The molecule has 0 saturated heterocycles. The van der Waals surface area contributed by atoms with Crippen LogP contribution in [0.5, 0.6) is 17.2 Å². The number of aromatic hydroxyl groups is 1. The van der Waals surface area contributed by atoms with Crippen LogP contribution in [0.1, 0.15) is 18.1 Å². The molecule has 0 atom stereocenters. The van der Waals surface area contributed by atoms with Crippen LogP contribution in [0.25, 0.3) is 0 Å². The first kappa shape index (κ1) is 14.1. The number of ether oxygens (including phenoxy) is 2. The molecule has 0 aliphatic carbocycles. The smallest absolute Gasteiger partial charge is 0.231 e. The molecule has 1 heterocycles. The number of phenols is 1. The van der Waals surface area contributed by atoms with Crippen molar-refractivity contribution in [3.8, 4) is 17.2 Å². The molecule has 1 aliphatic rings. The van der Waals surface area contributed by atoms with Crippen LogP contribution >= 0.6 is 15.9 Å². The molecular weight excluding hydrogens is 334 g/mol. The van der Waals surface area contributed by atoms with E-state index in [-0.39, 0.29) is 12.5 Å². The van der Waals surface area contributed by atoms with Gasteiger partial charge in [0.1, 0.15) is 5.75 Å². The van der Waals surface area contributed by atoms with Crippen molar-refractivity contribution >= 4 is 21.6 Å². The minimum atomic E-state index is 0.207. The number of benzene rings is 2. The van der Waals surface area contributed by atoms with Gasteiger partial charge in [0.2, 0.25) is 6.79 Å².